The van der Waals surface area contributed by atoms with Crippen molar-refractivity contribution in [1.82, 2.24) is 0 Å². The summed E-state index contributed by atoms with van der Waals surface area (Å²) in [5.41, 5.74) is 1.19. The maximum Gasteiger partial charge on any atom is 0.256 e. The number of amides is 1. The number of rotatable bonds is 3. The monoisotopic (exact) mass is 337 g/mol. The van der Waals surface area contributed by atoms with Crippen molar-refractivity contribution in [3.8, 4) is 5.75 Å². The van der Waals surface area contributed by atoms with Crippen LogP contribution in [0.2, 0.25) is 0 Å². The standard InChI is InChI=1S/C14H12BrNO2S/c1-18-11-7-9(15)6-10(8-11)16-14(17)12-4-2-3-5-13(12)19/h2-8,19H,1H3,(H,16,17). The molecule has 1 N–H and O–H groups in total. The van der Waals surface area contributed by atoms with Crippen LogP contribution in [0.1, 0.15) is 10.4 Å². The van der Waals surface area contributed by atoms with E-state index >= 15 is 0 Å². The van der Waals surface area contributed by atoms with Gasteiger partial charge < -0.3 is 10.1 Å². The molecule has 0 aliphatic carbocycles. The average molecular weight is 338 g/mol. The summed E-state index contributed by atoms with van der Waals surface area (Å²) in [4.78, 5) is 12.8. The summed E-state index contributed by atoms with van der Waals surface area (Å²) in [6.07, 6.45) is 0. The lowest BCUT2D eigenvalue weighted by atomic mass is 10.2. The number of anilines is 1. The lowest BCUT2D eigenvalue weighted by molar-refractivity contribution is 0.102. The van der Waals surface area contributed by atoms with Crippen molar-refractivity contribution in [2.75, 3.05) is 12.4 Å². The Kier molecular flexibility index (Phi) is 4.50. The number of ether oxygens (including phenoxy) is 1. The van der Waals surface area contributed by atoms with Gasteiger partial charge in [-0.3, -0.25) is 4.79 Å². The van der Waals surface area contributed by atoms with Crippen molar-refractivity contribution in [2.45, 2.75) is 4.90 Å². The summed E-state index contributed by atoms with van der Waals surface area (Å²) in [7, 11) is 1.58. The highest BCUT2D eigenvalue weighted by atomic mass is 79.9. The predicted molar refractivity (Wildman–Crippen MR) is 82.3 cm³/mol. The van der Waals surface area contributed by atoms with E-state index in [1.54, 1.807) is 31.4 Å². The molecular weight excluding hydrogens is 326 g/mol. The van der Waals surface area contributed by atoms with Crippen molar-refractivity contribution >= 4 is 40.2 Å². The van der Waals surface area contributed by atoms with E-state index < -0.39 is 0 Å². The fourth-order valence-electron chi connectivity index (χ4n) is 1.62. The van der Waals surface area contributed by atoms with E-state index in [2.05, 4.69) is 33.9 Å². The largest absolute Gasteiger partial charge is 0.497 e. The number of benzene rings is 2. The first-order chi connectivity index (χ1) is 9.10. The van der Waals surface area contributed by atoms with Crippen LogP contribution in [0.15, 0.2) is 51.8 Å². The van der Waals surface area contributed by atoms with Gasteiger partial charge in [-0.25, -0.2) is 0 Å². The topological polar surface area (TPSA) is 38.3 Å². The maximum absolute atomic E-state index is 12.1. The number of nitrogens with one attached hydrogen (secondary N) is 1. The Morgan fingerprint density at radius 2 is 2.00 bits per heavy atom. The third-order valence-corrected chi connectivity index (χ3v) is 3.36. The van der Waals surface area contributed by atoms with E-state index in [9.17, 15) is 4.79 Å². The third-order valence-electron chi connectivity index (χ3n) is 2.51. The second-order valence-corrected chi connectivity index (χ2v) is 5.25. The Balaban J connectivity index is 2.24. The molecule has 0 spiro atoms. The summed E-state index contributed by atoms with van der Waals surface area (Å²) in [5, 5.41) is 2.82. The van der Waals surface area contributed by atoms with Crippen molar-refractivity contribution in [3.05, 3.63) is 52.5 Å². The maximum atomic E-state index is 12.1. The Hall–Kier alpha value is -1.46. The number of carbonyl (C=O) groups is 1. The molecule has 0 saturated heterocycles. The number of hydrogen-bond acceptors (Lipinski definition) is 3. The minimum atomic E-state index is -0.203. The van der Waals surface area contributed by atoms with Crippen LogP contribution in [0.5, 0.6) is 5.75 Å². The van der Waals surface area contributed by atoms with Crippen LogP contribution in [0.4, 0.5) is 5.69 Å². The first kappa shape index (κ1) is 14.0. The SMILES string of the molecule is COc1cc(Br)cc(NC(=O)c2ccccc2S)c1. The van der Waals surface area contributed by atoms with E-state index in [-0.39, 0.29) is 5.91 Å². The van der Waals surface area contributed by atoms with Crippen LogP contribution in [0.25, 0.3) is 0 Å². The molecule has 2 aromatic carbocycles. The summed E-state index contributed by atoms with van der Waals surface area (Å²) in [5.74, 6) is 0.467. The van der Waals surface area contributed by atoms with Gasteiger partial charge in [0.15, 0.2) is 0 Å². The molecule has 0 heterocycles. The molecule has 5 heteroatoms. The van der Waals surface area contributed by atoms with Gasteiger partial charge in [0.25, 0.3) is 5.91 Å². The fourth-order valence-corrected chi connectivity index (χ4v) is 2.35. The van der Waals surface area contributed by atoms with Crippen LogP contribution in [-0.2, 0) is 0 Å². The number of methoxy groups -OCH3 is 1. The van der Waals surface area contributed by atoms with Crippen LogP contribution < -0.4 is 10.1 Å². The van der Waals surface area contributed by atoms with Crippen molar-refractivity contribution < 1.29 is 9.53 Å². The molecule has 0 aromatic heterocycles. The Bertz CT molecular complexity index is 616. The summed E-state index contributed by atoms with van der Waals surface area (Å²) >= 11 is 7.64. The first-order valence-electron chi connectivity index (χ1n) is 5.54. The highest BCUT2D eigenvalue weighted by Gasteiger charge is 2.10. The molecule has 1 amide bonds. The normalized spacial score (nSPS) is 10.1. The van der Waals surface area contributed by atoms with Gasteiger partial charge in [0.1, 0.15) is 5.75 Å². The van der Waals surface area contributed by atoms with Gasteiger partial charge in [0.05, 0.1) is 12.7 Å². The molecule has 0 unspecified atom stereocenters. The summed E-state index contributed by atoms with van der Waals surface area (Å²) in [6, 6.07) is 12.5. The zero-order valence-electron chi connectivity index (χ0n) is 10.2. The number of hydrogen-bond donors (Lipinski definition) is 2. The van der Waals surface area contributed by atoms with Crippen molar-refractivity contribution in [3.63, 3.8) is 0 Å². The third kappa shape index (κ3) is 3.52. The molecule has 0 aliphatic heterocycles. The second-order valence-electron chi connectivity index (χ2n) is 3.85. The summed E-state index contributed by atoms with van der Waals surface area (Å²) in [6.45, 7) is 0. The highest BCUT2D eigenvalue weighted by Crippen LogP contribution is 2.25. The minimum absolute atomic E-state index is 0.203. The van der Waals surface area contributed by atoms with E-state index in [0.29, 0.717) is 21.9 Å². The molecule has 0 bridgehead atoms. The van der Waals surface area contributed by atoms with Gasteiger partial charge >= 0.3 is 0 Å². The van der Waals surface area contributed by atoms with Gasteiger partial charge in [-0.1, -0.05) is 28.1 Å². The zero-order chi connectivity index (χ0) is 13.8. The number of thiol groups is 1. The predicted octanol–water partition coefficient (Wildman–Crippen LogP) is 4.00. The van der Waals surface area contributed by atoms with E-state index in [1.165, 1.54) is 0 Å². The van der Waals surface area contributed by atoms with E-state index in [4.69, 9.17) is 4.74 Å². The Morgan fingerprint density at radius 3 is 2.68 bits per heavy atom. The fraction of sp³-hybridized carbons (Fsp3) is 0.0714. The number of halogens is 1. The van der Waals surface area contributed by atoms with Crippen LogP contribution in [0.3, 0.4) is 0 Å². The molecule has 3 nitrogen and oxygen atoms in total. The molecule has 0 atom stereocenters. The smallest absolute Gasteiger partial charge is 0.256 e. The first-order valence-corrected chi connectivity index (χ1v) is 6.78. The van der Waals surface area contributed by atoms with Gasteiger partial charge in [-0.05, 0) is 24.3 Å². The van der Waals surface area contributed by atoms with E-state index in [0.717, 1.165) is 4.47 Å². The van der Waals surface area contributed by atoms with Gasteiger partial charge in [-0.15, -0.1) is 12.6 Å². The van der Waals surface area contributed by atoms with Gasteiger partial charge in [0, 0.05) is 21.1 Å². The van der Waals surface area contributed by atoms with Gasteiger partial charge in [0.2, 0.25) is 0 Å². The molecule has 0 saturated carbocycles. The summed E-state index contributed by atoms with van der Waals surface area (Å²) < 4.78 is 5.98. The molecule has 2 rings (SSSR count). The van der Waals surface area contributed by atoms with Crippen LogP contribution in [0, 0.1) is 0 Å². The van der Waals surface area contributed by atoms with Crippen LogP contribution in [-0.4, -0.2) is 13.0 Å². The Labute approximate surface area is 125 Å². The molecule has 0 fully saturated rings. The molecule has 0 radical (unpaired) electrons. The quantitative estimate of drug-likeness (QED) is 0.831. The molecule has 0 aliphatic rings. The second kappa shape index (κ2) is 6.12. The van der Waals surface area contributed by atoms with Gasteiger partial charge in [-0.2, -0.15) is 0 Å². The minimum Gasteiger partial charge on any atom is -0.497 e. The van der Waals surface area contributed by atoms with Crippen molar-refractivity contribution in [2.24, 2.45) is 0 Å². The lowest BCUT2D eigenvalue weighted by Gasteiger charge is -2.09. The zero-order valence-corrected chi connectivity index (χ0v) is 12.7. The highest BCUT2D eigenvalue weighted by molar-refractivity contribution is 9.10. The molecule has 98 valence electrons. The molecule has 2 aromatic rings. The Morgan fingerprint density at radius 1 is 1.26 bits per heavy atom. The molecular formula is C14H12BrNO2S. The molecule has 19 heavy (non-hydrogen) atoms. The lowest BCUT2D eigenvalue weighted by Crippen LogP contribution is -2.12. The number of carbonyl (C=O) groups excluding carboxylic acids is 1. The average Bonchev–Trinajstić information content (AvgIpc) is 2.38. The van der Waals surface area contributed by atoms with Crippen LogP contribution >= 0.6 is 28.6 Å². The van der Waals surface area contributed by atoms with Crippen molar-refractivity contribution in [1.29, 1.82) is 0 Å². The van der Waals surface area contributed by atoms with E-state index in [1.807, 2.05) is 18.2 Å².